The Balaban J connectivity index is 2.22. The number of ether oxygens (including phenoxy) is 1. The third-order valence-corrected chi connectivity index (χ3v) is 3.28. The average molecular weight is 350 g/mol. The number of alkyl halides is 3. The maximum absolute atomic E-state index is 13.1. The molecule has 0 N–H and O–H groups in total. The Labute approximate surface area is 122 Å². The van der Waals surface area contributed by atoms with Crippen molar-refractivity contribution in [3.63, 3.8) is 0 Å². The number of halogens is 4. The van der Waals surface area contributed by atoms with Crippen LogP contribution in [0.25, 0.3) is 0 Å². The van der Waals surface area contributed by atoms with Crippen LogP contribution < -0.4 is 0 Å². The van der Waals surface area contributed by atoms with E-state index in [1.54, 1.807) is 24.3 Å². The van der Waals surface area contributed by atoms with Crippen LogP contribution in [-0.2, 0) is 9.57 Å². The van der Waals surface area contributed by atoms with Crippen molar-refractivity contribution in [2.45, 2.75) is 18.4 Å². The minimum atomic E-state index is -4.68. The van der Waals surface area contributed by atoms with Crippen molar-refractivity contribution in [1.82, 2.24) is 0 Å². The molecule has 2 rings (SSSR count). The minimum absolute atomic E-state index is 0.193. The van der Waals surface area contributed by atoms with Crippen LogP contribution in [0.1, 0.15) is 12.0 Å². The molecule has 108 valence electrons. The molecule has 1 aromatic carbocycles. The average Bonchev–Trinajstić information content (AvgIpc) is 2.82. The first-order valence-corrected chi connectivity index (χ1v) is 6.50. The SMILES string of the molecule is C=CCOC1(C(F)(F)F)CC(c2ccc(Br)cc2)=NO1. The summed E-state index contributed by atoms with van der Waals surface area (Å²) in [7, 11) is 0. The van der Waals surface area contributed by atoms with Crippen LogP contribution >= 0.6 is 15.9 Å². The fourth-order valence-electron chi connectivity index (χ4n) is 1.72. The van der Waals surface area contributed by atoms with Gasteiger partial charge in [-0.15, -0.1) is 6.58 Å². The highest BCUT2D eigenvalue weighted by molar-refractivity contribution is 9.10. The molecule has 0 amide bonds. The molecule has 0 aliphatic carbocycles. The van der Waals surface area contributed by atoms with Crippen molar-refractivity contribution in [1.29, 1.82) is 0 Å². The second-order valence-electron chi connectivity index (χ2n) is 4.16. The van der Waals surface area contributed by atoms with Crippen molar-refractivity contribution in [2.75, 3.05) is 6.61 Å². The predicted molar refractivity (Wildman–Crippen MR) is 71.3 cm³/mol. The lowest BCUT2D eigenvalue weighted by molar-refractivity contribution is -0.369. The first kappa shape index (κ1) is 15.1. The summed E-state index contributed by atoms with van der Waals surface area (Å²) < 4.78 is 45.0. The van der Waals surface area contributed by atoms with E-state index in [0.29, 0.717) is 5.56 Å². The third-order valence-electron chi connectivity index (χ3n) is 2.75. The second-order valence-corrected chi connectivity index (χ2v) is 5.08. The maximum Gasteiger partial charge on any atom is 0.458 e. The van der Waals surface area contributed by atoms with Gasteiger partial charge in [0.1, 0.15) is 0 Å². The minimum Gasteiger partial charge on any atom is -0.349 e. The lowest BCUT2D eigenvalue weighted by Gasteiger charge is -2.28. The highest BCUT2D eigenvalue weighted by atomic mass is 79.9. The molecular weight excluding hydrogens is 339 g/mol. The highest BCUT2D eigenvalue weighted by Gasteiger charge is 2.62. The van der Waals surface area contributed by atoms with E-state index in [2.05, 4.69) is 32.5 Å². The van der Waals surface area contributed by atoms with Crippen LogP contribution in [0.3, 0.4) is 0 Å². The van der Waals surface area contributed by atoms with Crippen molar-refractivity contribution in [3.8, 4) is 0 Å². The number of benzene rings is 1. The normalized spacial score (nSPS) is 22.3. The van der Waals surface area contributed by atoms with Crippen molar-refractivity contribution in [3.05, 3.63) is 47.0 Å². The van der Waals surface area contributed by atoms with Gasteiger partial charge in [-0.25, -0.2) is 0 Å². The van der Waals surface area contributed by atoms with Gasteiger partial charge in [0.05, 0.1) is 18.7 Å². The van der Waals surface area contributed by atoms with Crippen LogP contribution in [0, 0.1) is 0 Å². The van der Waals surface area contributed by atoms with E-state index >= 15 is 0 Å². The van der Waals surface area contributed by atoms with E-state index in [4.69, 9.17) is 4.74 Å². The molecule has 1 aliphatic rings. The van der Waals surface area contributed by atoms with Gasteiger partial charge in [0.15, 0.2) is 0 Å². The first-order chi connectivity index (χ1) is 9.38. The summed E-state index contributed by atoms with van der Waals surface area (Å²) >= 11 is 3.26. The monoisotopic (exact) mass is 349 g/mol. The molecule has 0 bridgehead atoms. The van der Waals surface area contributed by atoms with Gasteiger partial charge < -0.3 is 9.57 Å². The molecule has 0 spiro atoms. The molecule has 1 unspecified atom stereocenters. The van der Waals surface area contributed by atoms with Gasteiger partial charge in [0, 0.05) is 4.47 Å². The van der Waals surface area contributed by atoms with Crippen LogP contribution in [0.15, 0.2) is 46.5 Å². The van der Waals surface area contributed by atoms with Crippen LogP contribution in [0.2, 0.25) is 0 Å². The topological polar surface area (TPSA) is 30.8 Å². The standard InChI is InChI=1S/C13H11BrF3NO2/c1-2-7-19-12(13(15,16)17)8-11(18-20-12)9-3-5-10(14)6-4-9/h2-6H,1,7-8H2. The van der Waals surface area contributed by atoms with Crippen LogP contribution in [-0.4, -0.2) is 24.3 Å². The molecule has 7 heteroatoms. The van der Waals surface area contributed by atoms with Gasteiger partial charge in [-0.1, -0.05) is 39.3 Å². The largest absolute Gasteiger partial charge is 0.458 e. The Bertz CT molecular complexity index is 527. The molecule has 0 aromatic heterocycles. The van der Waals surface area contributed by atoms with E-state index in [9.17, 15) is 13.2 Å². The van der Waals surface area contributed by atoms with Gasteiger partial charge in [0.2, 0.25) is 0 Å². The molecule has 3 nitrogen and oxygen atoms in total. The van der Waals surface area contributed by atoms with E-state index in [-0.39, 0.29) is 12.3 Å². The van der Waals surface area contributed by atoms with Crippen LogP contribution in [0.4, 0.5) is 13.2 Å². The molecular formula is C13H11BrF3NO2. The number of nitrogens with zero attached hydrogens (tertiary/aromatic N) is 1. The Morgan fingerprint density at radius 3 is 2.60 bits per heavy atom. The van der Waals surface area contributed by atoms with E-state index in [1.165, 1.54) is 6.08 Å². The Morgan fingerprint density at radius 2 is 2.05 bits per heavy atom. The van der Waals surface area contributed by atoms with Gasteiger partial charge in [-0.05, 0) is 17.7 Å². The summed E-state index contributed by atoms with van der Waals surface area (Å²) in [5.74, 6) is -2.73. The molecule has 0 saturated carbocycles. The number of rotatable bonds is 4. The second kappa shape index (κ2) is 5.57. The van der Waals surface area contributed by atoms with E-state index in [0.717, 1.165) is 4.47 Å². The molecule has 20 heavy (non-hydrogen) atoms. The summed E-state index contributed by atoms with van der Waals surface area (Å²) in [5, 5.41) is 3.53. The summed E-state index contributed by atoms with van der Waals surface area (Å²) in [5.41, 5.74) is 0.750. The van der Waals surface area contributed by atoms with Crippen molar-refractivity contribution >= 4 is 21.6 Å². The molecule has 0 fully saturated rings. The molecule has 1 aromatic rings. The smallest absolute Gasteiger partial charge is 0.349 e. The van der Waals surface area contributed by atoms with Crippen molar-refractivity contribution < 1.29 is 22.7 Å². The Morgan fingerprint density at radius 1 is 1.40 bits per heavy atom. The van der Waals surface area contributed by atoms with Gasteiger partial charge in [-0.3, -0.25) is 0 Å². The quantitative estimate of drug-likeness (QED) is 0.768. The molecule has 0 saturated heterocycles. The van der Waals surface area contributed by atoms with Gasteiger partial charge in [0.25, 0.3) is 0 Å². The number of hydrogen-bond donors (Lipinski definition) is 0. The lowest BCUT2D eigenvalue weighted by Crippen LogP contribution is -2.48. The molecule has 0 radical (unpaired) electrons. The number of hydrogen-bond acceptors (Lipinski definition) is 3. The lowest BCUT2D eigenvalue weighted by atomic mass is 10.0. The third kappa shape index (κ3) is 2.88. The van der Waals surface area contributed by atoms with Crippen molar-refractivity contribution in [2.24, 2.45) is 5.16 Å². The zero-order chi connectivity index (χ0) is 14.8. The predicted octanol–water partition coefficient (Wildman–Crippen LogP) is 4.03. The van der Waals surface area contributed by atoms with Crippen LogP contribution in [0.5, 0.6) is 0 Å². The van der Waals surface area contributed by atoms with E-state index in [1.807, 2.05) is 0 Å². The Hall–Kier alpha value is -1.34. The summed E-state index contributed by atoms with van der Waals surface area (Å²) in [6.07, 6.45) is -3.95. The fraction of sp³-hybridized carbons (Fsp3) is 0.308. The zero-order valence-corrected chi connectivity index (χ0v) is 11.9. The molecule has 1 aliphatic heterocycles. The summed E-state index contributed by atoms with van der Waals surface area (Å²) in [4.78, 5) is 4.59. The zero-order valence-electron chi connectivity index (χ0n) is 10.3. The fourth-order valence-corrected chi connectivity index (χ4v) is 1.98. The first-order valence-electron chi connectivity index (χ1n) is 5.70. The maximum atomic E-state index is 13.1. The summed E-state index contributed by atoms with van der Waals surface area (Å²) in [6, 6.07) is 6.75. The van der Waals surface area contributed by atoms with E-state index < -0.39 is 18.4 Å². The molecule has 1 atom stereocenters. The highest BCUT2D eigenvalue weighted by Crippen LogP contribution is 2.42. The van der Waals surface area contributed by atoms with Gasteiger partial charge in [-0.2, -0.15) is 13.2 Å². The Kier molecular flexibility index (Phi) is 4.19. The molecule has 1 heterocycles. The van der Waals surface area contributed by atoms with Gasteiger partial charge >= 0.3 is 12.0 Å². The number of oxime groups is 1. The summed E-state index contributed by atoms with van der Waals surface area (Å²) in [6.45, 7) is 3.06.